The van der Waals surface area contributed by atoms with Crippen molar-refractivity contribution in [3.63, 3.8) is 0 Å². The van der Waals surface area contributed by atoms with Crippen LogP contribution < -0.4 is 35.8 Å². The number of aryl methyl sites for hydroxylation is 3. The number of halogens is 3. The highest BCUT2D eigenvalue weighted by molar-refractivity contribution is 8.00. The Morgan fingerprint density at radius 3 is 2.05 bits per heavy atom. The Kier molecular flexibility index (Phi) is 30.3. The Labute approximate surface area is 753 Å². The van der Waals surface area contributed by atoms with Gasteiger partial charge in [0.1, 0.15) is 28.4 Å². The second-order valence-corrected chi connectivity index (χ2v) is 37.9. The summed E-state index contributed by atoms with van der Waals surface area (Å²) < 4.78 is 44.4. The third kappa shape index (κ3) is 24.0. The maximum absolute atomic E-state index is 13.2. The fraction of sp³-hybridized carbons (Fsp3) is 0.304. The molecule has 0 radical (unpaired) electrons. The highest BCUT2D eigenvalue weighted by Gasteiger charge is 2.57. The number of fused-ring (bicyclic) bond motifs is 6. The van der Waals surface area contributed by atoms with Gasteiger partial charge in [-0.1, -0.05) is 178 Å². The first-order valence-electron chi connectivity index (χ1n) is 42.8. The van der Waals surface area contributed by atoms with Crippen LogP contribution in [0.4, 0.5) is 56.4 Å². The third-order valence-corrected chi connectivity index (χ3v) is 26.8. The van der Waals surface area contributed by atoms with Crippen molar-refractivity contribution in [3.8, 4) is 17.9 Å². The number of nitriles is 2. The van der Waals surface area contributed by atoms with Crippen molar-refractivity contribution in [1.82, 2.24) is 14.9 Å². The molecular weight excluding hydrogens is 1660 g/mol. The number of aliphatic imine (C=N–C) groups is 1. The number of H-pyrrole nitrogens is 1. The number of benzene rings is 9. The quantitative estimate of drug-likeness (QED) is 0.0178. The molecule has 3 aromatic heterocycles. The number of methoxy groups -OCH3 is 1. The van der Waals surface area contributed by atoms with E-state index in [0.29, 0.717) is 45.8 Å². The summed E-state index contributed by atoms with van der Waals surface area (Å²) in [6.07, 6.45) is 13.0. The van der Waals surface area contributed by atoms with Gasteiger partial charge in [-0.05, 0) is 210 Å². The molecule has 9 aromatic carbocycles. The van der Waals surface area contributed by atoms with Gasteiger partial charge in [-0.15, -0.1) is 22.7 Å². The molecule has 1 saturated carbocycles. The molecule has 5 heterocycles. The molecule has 0 spiro atoms. The maximum atomic E-state index is 13.2. The Balaban J connectivity index is 0.000000136. The average Bonchev–Trinajstić information content (AvgIpc) is 1.59. The van der Waals surface area contributed by atoms with Crippen LogP contribution in [0.25, 0.3) is 10.8 Å². The van der Waals surface area contributed by atoms with Crippen LogP contribution in [-0.2, 0) is 61.0 Å². The number of likely N-dealkylation sites (tertiary alicyclic amines) is 1. The molecule has 12 aromatic rings. The van der Waals surface area contributed by atoms with Crippen LogP contribution in [0.15, 0.2) is 241 Å². The van der Waals surface area contributed by atoms with E-state index in [4.69, 9.17) is 15.0 Å². The van der Waals surface area contributed by atoms with E-state index in [-0.39, 0.29) is 41.0 Å². The fourth-order valence-electron chi connectivity index (χ4n) is 17.6. The van der Waals surface area contributed by atoms with Crippen molar-refractivity contribution in [2.45, 2.75) is 154 Å². The lowest BCUT2D eigenvalue weighted by molar-refractivity contribution is -0.829. The number of carbonyl (C=O) groups excluding carboxylic acids is 5. The smallest absolute Gasteiger partial charge is 0.416 e. The number of quaternary nitrogens is 1. The number of thiophene rings is 2. The van der Waals surface area contributed by atoms with Gasteiger partial charge in [0.15, 0.2) is 11.5 Å². The van der Waals surface area contributed by atoms with Gasteiger partial charge in [0, 0.05) is 80.1 Å². The minimum atomic E-state index is -4.52. The van der Waals surface area contributed by atoms with E-state index in [1.807, 2.05) is 147 Å². The van der Waals surface area contributed by atoms with Crippen molar-refractivity contribution >= 4 is 120 Å². The number of amides is 6. The predicted octanol–water partition coefficient (Wildman–Crippen LogP) is 23.2. The van der Waals surface area contributed by atoms with Crippen molar-refractivity contribution in [2.75, 3.05) is 72.4 Å². The van der Waals surface area contributed by atoms with E-state index in [9.17, 15) is 42.4 Å². The van der Waals surface area contributed by atoms with E-state index < -0.39 is 23.6 Å². The maximum Gasteiger partial charge on any atom is 0.416 e. The number of hydrogen-bond acceptors (Lipinski definition) is 14. The summed E-state index contributed by atoms with van der Waals surface area (Å²) in [5, 5.41) is 34.7. The highest BCUT2D eigenvalue weighted by Crippen LogP contribution is 2.55. The molecule has 25 heteroatoms. The van der Waals surface area contributed by atoms with Crippen molar-refractivity contribution in [2.24, 2.45) is 15.8 Å². The lowest BCUT2D eigenvalue weighted by Gasteiger charge is -2.38. The van der Waals surface area contributed by atoms with Gasteiger partial charge in [-0.2, -0.15) is 28.7 Å². The minimum Gasteiger partial charge on any atom is -0.497 e. The number of ether oxygens (including phenoxy) is 1. The van der Waals surface area contributed by atoms with E-state index >= 15 is 0 Å². The first-order valence-corrected chi connectivity index (χ1v) is 45.3. The molecule has 19 nitrogen and oxygen atoms in total. The summed E-state index contributed by atoms with van der Waals surface area (Å²) in [6.45, 7) is 13.4. The van der Waals surface area contributed by atoms with Crippen molar-refractivity contribution < 1.29 is 46.4 Å². The van der Waals surface area contributed by atoms with Crippen LogP contribution >= 0.6 is 34.4 Å². The zero-order valence-electron chi connectivity index (χ0n) is 73.1. The van der Waals surface area contributed by atoms with E-state index in [1.165, 1.54) is 113 Å². The second-order valence-electron chi connectivity index (χ2n) is 34.4. The summed E-state index contributed by atoms with van der Waals surface area (Å²) in [5.74, 6) is -0.418. The van der Waals surface area contributed by atoms with Gasteiger partial charge in [0.2, 0.25) is 11.8 Å². The number of nitrogens with one attached hydrogen (secondary N) is 5. The van der Waals surface area contributed by atoms with Crippen LogP contribution in [0.2, 0.25) is 0 Å². The van der Waals surface area contributed by atoms with E-state index in [1.54, 1.807) is 101 Å². The standard InChI is InChI=1S/C24H20N2O.C22H32N3S.C21H20N4OS.C19H24N2O2S.C16H11F3N2O2/c27-24(25-23-17-9-13-20-12-7-8-16-22(20)23)26(21-14-5-2-6-15-21)18-19-10-3-1-4-11-19;1-21(2)10-16-11-22(3,13-21)14-25(16,4)15-24-20-18(12-23)17-8-6-5-7-9-19(17)26-20;1-14-19(12-16-7-4-3-5-8-16)25-21(23-14)27-15(2)20(26)24-18-10-6-9-17(11-18)13-22;1-21(2)12-16-15-6-4-5-7-17(15)24-19(16)20-18(22)13-8-10-14(23-3)11-9-13;17-16(18,19)11-6-7-13-12(8-11)20-14(22)9-21(13)15(23)10-4-2-1-3-5-10/h1-17H,18H2,(H,25,27);15-16H,5-11,13-14H2,1-4H3;3-11,15H,12H2,1-2H3,(H,23,25)(H,24,26);8-11H,4-7,12H2,1-3H3,(H,20,22);1-8H,9H2,(H,20,22)/q;+1;;;. The Morgan fingerprint density at radius 1 is 0.717 bits per heavy atom. The zero-order valence-corrected chi connectivity index (χ0v) is 75.5. The zero-order chi connectivity index (χ0) is 90.0. The van der Waals surface area contributed by atoms with Gasteiger partial charge < -0.3 is 35.9 Å². The largest absolute Gasteiger partial charge is 0.497 e. The first-order chi connectivity index (χ1) is 61.0. The SMILES string of the molecule is CC1(C)CC2CC(C)(C1)C[N+]2(C)C=Nc1sc2c(c1C#N)CCCCC2.COc1ccc(C(=O)Nc2sc3c(c2CN(C)C)CCCC3)cc1.Cc1[nH]c(SC(C)C(=O)Nc2cccc(C#N)c2)nc1Cc1ccccc1.O=C(Nc1cccc2ccccc12)N(Cc1ccccc1)c1ccccc1.O=C1CN(C(=O)c2ccccc2)c2ccc(C(F)(F)F)cc2N1. The number of anilines is 6. The van der Waals surface area contributed by atoms with Crippen LogP contribution in [0.5, 0.6) is 5.75 Å². The number of alkyl halides is 3. The molecule has 2 aliphatic heterocycles. The number of thioether (sulfide) groups is 1. The molecule has 5 aliphatic rings. The molecular formula is C102H107F3N13O6S3+. The molecule has 17 rings (SSSR count). The third-order valence-electron chi connectivity index (χ3n) is 23.3. The van der Waals surface area contributed by atoms with Gasteiger partial charge in [0.05, 0.1) is 84.1 Å². The number of nitrogens with zero attached hydrogens (tertiary/aromatic N) is 8. The van der Waals surface area contributed by atoms with Gasteiger partial charge in [-0.3, -0.25) is 33.5 Å². The minimum absolute atomic E-state index is 0.0274. The monoisotopic (exact) mass is 1760 g/mol. The van der Waals surface area contributed by atoms with Crippen LogP contribution in [0.1, 0.15) is 165 Å². The number of urea groups is 1. The highest BCUT2D eigenvalue weighted by atomic mass is 32.2. The Morgan fingerprint density at radius 2 is 1.35 bits per heavy atom. The molecule has 654 valence electrons. The normalized spacial score (nSPS) is 17.2. The summed E-state index contributed by atoms with van der Waals surface area (Å²) in [7, 11) is 8.12. The lowest BCUT2D eigenvalue weighted by atomic mass is 9.65. The molecule has 6 amide bonds. The fourth-order valence-corrected chi connectivity index (χ4v) is 21.0. The lowest BCUT2D eigenvalue weighted by Crippen LogP contribution is -2.47. The Bertz CT molecular complexity index is 5980. The second kappa shape index (κ2) is 41.8. The molecule has 2 bridgehead atoms. The first kappa shape index (κ1) is 92.2. The number of para-hydroxylation sites is 1. The number of imidazole rings is 1. The molecule has 1 saturated heterocycles. The van der Waals surface area contributed by atoms with Gasteiger partial charge >= 0.3 is 12.2 Å². The number of aromatic nitrogens is 2. The number of aromatic amines is 1. The molecule has 2 fully saturated rings. The van der Waals surface area contributed by atoms with Gasteiger partial charge in [-0.25, -0.2) is 9.78 Å². The number of carbonyl (C=O) groups is 5. The van der Waals surface area contributed by atoms with Crippen molar-refractivity contribution in [1.29, 1.82) is 10.5 Å². The van der Waals surface area contributed by atoms with Gasteiger partial charge in [0.25, 0.3) is 11.8 Å². The molecule has 4 unspecified atom stereocenters. The van der Waals surface area contributed by atoms with Crippen LogP contribution in [0.3, 0.4) is 0 Å². The molecule has 4 atom stereocenters. The summed E-state index contributed by atoms with van der Waals surface area (Å²) in [5.41, 5.74) is 13.2. The van der Waals surface area contributed by atoms with E-state index in [2.05, 4.69) is 109 Å². The Hall–Kier alpha value is -12.5. The van der Waals surface area contributed by atoms with Crippen LogP contribution in [-0.4, -0.2) is 108 Å². The number of hydrogen-bond donors (Lipinski definition) is 5. The van der Waals surface area contributed by atoms with Crippen LogP contribution in [0, 0.1) is 40.4 Å². The summed E-state index contributed by atoms with van der Waals surface area (Å²) in [4.78, 5) is 83.3. The summed E-state index contributed by atoms with van der Waals surface area (Å²) >= 11 is 4.91. The summed E-state index contributed by atoms with van der Waals surface area (Å²) in [6, 6.07) is 74.2. The molecule has 5 N–H and O–H groups in total. The molecule has 127 heavy (non-hydrogen) atoms. The molecule has 3 aliphatic carbocycles. The average molecular weight is 1760 g/mol. The predicted molar refractivity (Wildman–Crippen MR) is 506 cm³/mol. The van der Waals surface area contributed by atoms with Crippen molar-refractivity contribution in [3.05, 3.63) is 307 Å². The van der Waals surface area contributed by atoms with E-state index in [0.717, 1.165) is 121 Å². The number of rotatable bonds is 18. The topological polar surface area (TPSA) is 241 Å².